The Hall–Kier alpha value is -2.38. The summed E-state index contributed by atoms with van der Waals surface area (Å²) in [5.41, 5.74) is -0.0785. The van der Waals surface area contributed by atoms with Crippen LogP contribution in [0.3, 0.4) is 0 Å². The predicted octanol–water partition coefficient (Wildman–Crippen LogP) is 9.31. The molecule has 0 spiro atoms. The van der Waals surface area contributed by atoms with Crippen LogP contribution < -0.4 is 0 Å². The van der Waals surface area contributed by atoms with Gasteiger partial charge in [0.25, 0.3) is 0 Å². The van der Waals surface area contributed by atoms with Crippen molar-refractivity contribution in [2.45, 2.75) is 144 Å². The maximum atomic E-state index is 14.5. The van der Waals surface area contributed by atoms with Gasteiger partial charge in [-0.15, -0.1) is 0 Å². The lowest BCUT2D eigenvalue weighted by Crippen LogP contribution is -2.54. The van der Waals surface area contributed by atoms with Crippen molar-refractivity contribution in [2.24, 2.45) is 23.2 Å². The average Bonchev–Trinajstić information content (AvgIpc) is 2.99. The van der Waals surface area contributed by atoms with Gasteiger partial charge in [-0.05, 0) is 48.2 Å². The molecule has 1 aromatic rings. The van der Waals surface area contributed by atoms with Gasteiger partial charge in [-0.2, -0.15) is 0 Å². The number of aliphatic hydroxyl groups is 1. The second-order valence-corrected chi connectivity index (χ2v) is 27.1. The van der Waals surface area contributed by atoms with Crippen molar-refractivity contribution in [1.82, 2.24) is 0 Å². The quantitative estimate of drug-likeness (QED) is 0.0821. The summed E-state index contributed by atoms with van der Waals surface area (Å²) in [6.45, 7) is 30.3. The number of benzene rings is 1. The number of ketones is 1. The van der Waals surface area contributed by atoms with Gasteiger partial charge in [0.05, 0.1) is 31.3 Å². The Balaban J connectivity index is 3.17. The highest BCUT2D eigenvalue weighted by Crippen LogP contribution is 2.43. The predicted molar refractivity (Wildman–Crippen MR) is 209 cm³/mol. The molecule has 0 saturated heterocycles. The third-order valence-electron chi connectivity index (χ3n) is 10.9. The summed E-state index contributed by atoms with van der Waals surface area (Å²) in [7, 11) is -4.83. The first-order chi connectivity index (χ1) is 22.6. The van der Waals surface area contributed by atoms with Crippen LogP contribution in [-0.4, -0.2) is 69.5 Å². The third kappa shape index (κ3) is 13.6. The molecule has 0 radical (unpaired) electrons. The van der Waals surface area contributed by atoms with Gasteiger partial charge in [-0.3, -0.25) is 9.59 Å². The lowest BCUT2D eigenvalue weighted by atomic mass is 9.73. The zero-order valence-corrected chi connectivity index (χ0v) is 35.6. The maximum absolute atomic E-state index is 14.5. The van der Waals surface area contributed by atoms with Crippen molar-refractivity contribution in [2.75, 3.05) is 6.61 Å². The molecule has 0 saturated carbocycles. The number of ether oxygens (including phenoxy) is 1. The number of aliphatic hydroxyl groups excluding tert-OH is 1. The molecule has 0 fully saturated rings. The number of rotatable bonds is 19. The van der Waals surface area contributed by atoms with Crippen LogP contribution in [0.15, 0.2) is 48.6 Å². The van der Waals surface area contributed by atoms with Crippen LogP contribution in [-0.2, 0) is 28.0 Å². The van der Waals surface area contributed by atoms with E-state index in [9.17, 15) is 24.6 Å². The second-order valence-electron chi connectivity index (χ2n) is 17.6. The normalized spacial score (nSPS) is 17.3. The topological polar surface area (TPSA) is 119 Å². The first-order valence-electron chi connectivity index (χ1n) is 18.0. The van der Waals surface area contributed by atoms with Gasteiger partial charge < -0.3 is 23.8 Å². The molecule has 6 atom stereocenters. The minimum atomic E-state index is -2.43. The van der Waals surface area contributed by atoms with Crippen molar-refractivity contribution >= 4 is 40.4 Å². The van der Waals surface area contributed by atoms with Crippen molar-refractivity contribution in [1.29, 1.82) is 0 Å². The summed E-state index contributed by atoms with van der Waals surface area (Å²) in [6.07, 6.45) is 4.79. The van der Waals surface area contributed by atoms with Crippen LogP contribution in [0.4, 0.5) is 0 Å². The summed E-state index contributed by atoms with van der Waals surface area (Å²) in [6, 6.07) is 9.86. The molecule has 50 heavy (non-hydrogen) atoms. The molecular formula is C40H68O8Si2. The van der Waals surface area contributed by atoms with Gasteiger partial charge in [0.1, 0.15) is 5.78 Å². The van der Waals surface area contributed by atoms with Crippen molar-refractivity contribution in [3.63, 3.8) is 0 Å². The number of hydrogen-bond donors (Lipinski definition) is 2. The van der Waals surface area contributed by atoms with E-state index < -0.39 is 58.2 Å². The van der Waals surface area contributed by atoms with E-state index in [1.54, 1.807) is 19.9 Å². The standard InChI is InChI=1S/C40H68O8Si2/c1-28(24-25-31-20-17-16-18-21-31)32(41)22-19-23-35(44)46-27-29(2)36(48-50(14,15)39(7,8)9)30(3)37(45)40(10,11)33(26-34(42)43)47-49(12,13)38(4,5)6/h16-21,23-25,28-30,32-33,36,41H,22,26-27H2,1-15H3,(H,42,43)/b23-19+,25-24+/t28-,29+,30-,32+,33+,36+/m1/s1. The molecule has 10 heteroatoms. The van der Waals surface area contributed by atoms with Crippen molar-refractivity contribution in [3.8, 4) is 0 Å². The number of aliphatic carboxylic acids is 1. The molecule has 0 aliphatic rings. The highest BCUT2D eigenvalue weighted by Gasteiger charge is 2.50. The fourth-order valence-electron chi connectivity index (χ4n) is 5.09. The third-order valence-corrected chi connectivity index (χ3v) is 19.8. The minimum Gasteiger partial charge on any atom is -0.481 e. The van der Waals surface area contributed by atoms with Gasteiger partial charge in [-0.1, -0.05) is 125 Å². The van der Waals surface area contributed by atoms with Crippen molar-refractivity contribution in [3.05, 3.63) is 54.1 Å². The van der Waals surface area contributed by atoms with Gasteiger partial charge in [0, 0.05) is 29.2 Å². The zero-order valence-electron chi connectivity index (χ0n) is 33.6. The van der Waals surface area contributed by atoms with Crippen LogP contribution in [0.25, 0.3) is 6.08 Å². The summed E-state index contributed by atoms with van der Waals surface area (Å²) >= 11 is 0. The van der Waals surface area contributed by atoms with E-state index in [-0.39, 0.29) is 47.1 Å². The van der Waals surface area contributed by atoms with E-state index in [0.717, 1.165) is 5.56 Å². The van der Waals surface area contributed by atoms with Gasteiger partial charge in [-0.25, -0.2) is 4.79 Å². The number of carbonyl (C=O) groups excluding carboxylic acids is 2. The first-order valence-corrected chi connectivity index (χ1v) is 23.8. The monoisotopic (exact) mass is 732 g/mol. The molecule has 0 amide bonds. The zero-order chi connectivity index (χ0) is 38.9. The molecule has 2 N–H and O–H groups in total. The molecule has 1 aromatic carbocycles. The smallest absolute Gasteiger partial charge is 0.330 e. The number of hydrogen-bond acceptors (Lipinski definition) is 7. The fraction of sp³-hybridized carbons (Fsp3) is 0.675. The van der Waals surface area contributed by atoms with Gasteiger partial charge in [0.2, 0.25) is 0 Å². The Morgan fingerprint density at radius 2 is 1.36 bits per heavy atom. The fourth-order valence-corrected chi connectivity index (χ4v) is 8.00. The summed E-state index contributed by atoms with van der Waals surface area (Å²) in [5.74, 6) is -2.79. The summed E-state index contributed by atoms with van der Waals surface area (Å²) in [5, 5.41) is 20.1. The number of carboxylic acids is 1. The average molecular weight is 733 g/mol. The molecule has 284 valence electrons. The van der Waals surface area contributed by atoms with E-state index in [1.807, 2.05) is 63.3 Å². The summed E-state index contributed by atoms with van der Waals surface area (Å²) < 4.78 is 19.2. The van der Waals surface area contributed by atoms with E-state index in [0.29, 0.717) is 0 Å². The van der Waals surface area contributed by atoms with Crippen LogP contribution in [0, 0.1) is 23.2 Å². The Morgan fingerprint density at radius 1 is 0.840 bits per heavy atom. The molecule has 0 aliphatic carbocycles. The molecule has 0 unspecified atom stereocenters. The Bertz CT molecular complexity index is 1300. The minimum absolute atomic E-state index is 0.0261. The van der Waals surface area contributed by atoms with E-state index in [1.165, 1.54) is 6.08 Å². The Morgan fingerprint density at radius 3 is 1.86 bits per heavy atom. The number of esters is 1. The lowest BCUT2D eigenvalue weighted by molar-refractivity contribution is -0.147. The lowest BCUT2D eigenvalue weighted by Gasteiger charge is -2.46. The molecule has 8 nitrogen and oxygen atoms in total. The molecular weight excluding hydrogens is 665 g/mol. The van der Waals surface area contributed by atoms with Gasteiger partial charge >= 0.3 is 11.9 Å². The molecule has 1 rings (SSSR count). The van der Waals surface area contributed by atoms with Crippen LogP contribution in [0.2, 0.25) is 36.3 Å². The van der Waals surface area contributed by atoms with E-state index in [2.05, 4.69) is 67.7 Å². The maximum Gasteiger partial charge on any atom is 0.330 e. The largest absolute Gasteiger partial charge is 0.481 e. The highest BCUT2D eigenvalue weighted by molar-refractivity contribution is 6.74. The Labute approximate surface area is 305 Å². The van der Waals surface area contributed by atoms with E-state index >= 15 is 0 Å². The number of carbonyl (C=O) groups is 3. The van der Waals surface area contributed by atoms with Crippen LogP contribution in [0.1, 0.15) is 94.6 Å². The first kappa shape index (κ1) is 45.6. The molecule has 0 aliphatic heterocycles. The molecule has 0 heterocycles. The molecule has 0 aromatic heterocycles. The number of carboxylic acid groups (broad SMARTS) is 1. The van der Waals surface area contributed by atoms with Crippen LogP contribution in [0.5, 0.6) is 0 Å². The second kappa shape index (κ2) is 18.4. The summed E-state index contributed by atoms with van der Waals surface area (Å²) in [4.78, 5) is 39.3. The number of Topliss-reactive ketones (excluding diaryl/α,β-unsaturated/α-hetero) is 1. The Kier molecular flexibility index (Phi) is 16.8. The van der Waals surface area contributed by atoms with Gasteiger partial charge in [0.15, 0.2) is 16.6 Å². The van der Waals surface area contributed by atoms with Crippen molar-refractivity contribution < 1.29 is 38.2 Å². The SMILES string of the molecule is C[C@H](/C=C/c1ccccc1)[C@@H](O)C/C=C/C(=O)OC[C@H](C)[C@H](O[Si](C)(C)C(C)(C)C)[C@@H](C)C(=O)C(C)(C)[C@H](CC(=O)O)O[Si](C)(C)C(C)(C)C. The van der Waals surface area contributed by atoms with E-state index in [4.69, 9.17) is 13.6 Å². The molecule has 0 bridgehead atoms. The van der Waals surface area contributed by atoms with Crippen LogP contribution >= 0.6 is 0 Å². The highest BCUT2D eigenvalue weighted by atomic mass is 28.4.